The Morgan fingerprint density at radius 2 is 1.91 bits per heavy atom. The van der Waals surface area contributed by atoms with Crippen molar-refractivity contribution in [3.63, 3.8) is 0 Å². The van der Waals surface area contributed by atoms with Crippen LogP contribution in [0.2, 0.25) is 0 Å². The molecule has 1 heterocycles. The Bertz CT molecular complexity index is 1290. The third kappa shape index (κ3) is 5.35. The number of nitrogens with zero attached hydrogens (tertiary/aromatic N) is 1. The van der Waals surface area contributed by atoms with Gasteiger partial charge in [0.1, 0.15) is 12.4 Å². The fourth-order valence-corrected chi connectivity index (χ4v) is 5.32. The predicted octanol–water partition coefficient (Wildman–Crippen LogP) is 7.28. The van der Waals surface area contributed by atoms with E-state index in [-0.39, 0.29) is 18.3 Å². The van der Waals surface area contributed by atoms with Crippen molar-refractivity contribution in [3.8, 4) is 11.5 Å². The normalized spacial score (nSPS) is 14.7. The lowest BCUT2D eigenvalue weighted by atomic mass is 10.1. The quantitative estimate of drug-likeness (QED) is 0.225. The number of halogens is 2. The van der Waals surface area contributed by atoms with Gasteiger partial charge in [0.25, 0.3) is 5.91 Å². The molecule has 34 heavy (non-hydrogen) atoms. The molecule has 1 saturated heterocycles. The number of ether oxygens (including phenoxy) is 2. The fraction of sp³-hybridized carbons (Fsp3) is 0.154. The Hall–Kier alpha value is -2.68. The smallest absolute Gasteiger partial charge is 0.270 e. The van der Waals surface area contributed by atoms with Crippen LogP contribution in [0.3, 0.4) is 0 Å². The molecule has 0 bridgehead atoms. The van der Waals surface area contributed by atoms with Crippen LogP contribution in [0.5, 0.6) is 11.5 Å². The molecule has 0 saturated carbocycles. The molecule has 1 fully saturated rings. The molecule has 4 nitrogen and oxygen atoms in total. The van der Waals surface area contributed by atoms with E-state index in [9.17, 15) is 9.18 Å². The molecular weight excluding hydrogens is 537 g/mol. The van der Waals surface area contributed by atoms with Crippen LogP contribution >= 0.6 is 39.9 Å². The van der Waals surface area contributed by atoms with E-state index in [1.165, 1.54) is 17.8 Å². The van der Waals surface area contributed by atoms with Gasteiger partial charge < -0.3 is 9.47 Å². The molecule has 8 heteroatoms. The van der Waals surface area contributed by atoms with Gasteiger partial charge in [-0.2, -0.15) is 0 Å². The van der Waals surface area contributed by atoms with E-state index in [1.54, 1.807) is 35.2 Å². The monoisotopic (exact) mass is 557 g/mol. The molecule has 3 aromatic rings. The minimum atomic E-state index is -0.330. The zero-order chi connectivity index (χ0) is 24.2. The summed E-state index contributed by atoms with van der Waals surface area (Å²) in [6, 6.07) is 17.8. The number of carbonyl (C=O) groups excluding carboxylic acids is 1. The van der Waals surface area contributed by atoms with Gasteiger partial charge in [-0.1, -0.05) is 54.3 Å². The van der Waals surface area contributed by atoms with E-state index in [0.717, 1.165) is 16.8 Å². The highest BCUT2D eigenvalue weighted by Crippen LogP contribution is 2.40. The van der Waals surface area contributed by atoms with E-state index in [1.807, 2.05) is 44.2 Å². The van der Waals surface area contributed by atoms with Crippen LogP contribution in [0.1, 0.15) is 23.6 Å². The molecule has 3 aromatic carbocycles. The largest absolute Gasteiger partial charge is 0.490 e. The van der Waals surface area contributed by atoms with Gasteiger partial charge >= 0.3 is 0 Å². The van der Waals surface area contributed by atoms with Gasteiger partial charge in [-0.05, 0) is 77.3 Å². The number of anilines is 1. The van der Waals surface area contributed by atoms with Crippen molar-refractivity contribution in [2.45, 2.75) is 20.5 Å². The Labute approximate surface area is 215 Å². The maximum atomic E-state index is 14.0. The zero-order valence-corrected chi connectivity index (χ0v) is 21.7. The maximum Gasteiger partial charge on any atom is 0.270 e. The molecule has 1 aliphatic heterocycles. The minimum Gasteiger partial charge on any atom is -0.490 e. The average molecular weight is 558 g/mol. The number of rotatable bonds is 7. The summed E-state index contributed by atoms with van der Waals surface area (Å²) in [5.74, 6) is 0.460. The Kier molecular flexibility index (Phi) is 7.70. The van der Waals surface area contributed by atoms with Gasteiger partial charge in [-0.15, -0.1) is 0 Å². The third-order valence-corrected chi connectivity index (χ3v) is 6.90. The number of aryl methyl sites for hydroxylation is 1. The second kappa shape index (κ2) is 10.7. The summed E-state index contributed by atoms with van der Waals surface area (Å²) in [7, 11) is 0. The van der Waals surface area contributed by atoms with Crippen LogP contribution in [0.25, 0.3) is 6.08 Å². The van der Waals surface area contributed by atoms with E-state index in [0.29, 0.717) is 37.4 Å². The van der Waals surface area contributed by atoms with Gasteiger partial charge in [0.2, 0.25) is 0 Å². The number of hydrogen-bond acceptors (Lipinski definition) is 5. The summed E-state index contributed by atoms with van der Waals surface area (Å²) in [4.78, 5) is 15.2. The lowest BCUT2D eigenvalue weighted by molar-refractivity contribution is -0.113. The molecule has 0 aromatic heterocycles. The minimum absolute atomic E-state index is 0.0554. The zero-order valence-electron chi connectivity index (χ0n) is 18.5. The van der Waals surface area contributed by atoms with Crippen molar-refractivity contribution < 1.29 is 18.7 Å². The van der Waals surface area contributed by atoms with Crippen LogP contribution < -0.4 is 14.4 Å². The highest BCUT2D eigenvalue weighted by Gasteiger charge is 2.33. The van der Waals surface area contributed by atoms with Crippen molar-refractivity contribution in [3.05, 3.63) is 92.5 Å². The standard InChI is InChI=1S/C26H21BrFNO3S2/c1-3-31-22-13-17(12-20(27)24(22)32-15-18-8-4-5-10-21(18)28)14-23-25(30)29(26(33)34-23)19-9-6-7-16(2)11-19/h4-14H,3,15H2,1-2H3/b23-14+. The summed E-state index contributed by atoms with van der Waals surface area (Å²) in [6.07, 6.45) is 1.78. The molecule has 174 valence electrons. The number of thioether (sulfide) groups is 1. The molecule has 0 radical (unpaired) electrons. The number of benzene rings is 3. The van der Waals surface area contributed by atoms with Crippen LogP contribution in [0.4, 0.5) is 10.1 Å². The van der Waals surface area contributed by atoms with Crippen LogP contribution in [0, 0.1) is 12.7 Å². The Balaban J connectivity index is 1.61. The lowest BCUT2D eigenvalue weighted by Crippen LogP contribution is -2.27. The number of amides is 1. The molecule has 0 spiro atoms. The molecule has 4 rings (SSSR count). The molecule has 1 amide bonds. The molecule has 0 aliphatic carbocycles. The second-order valence-corrected chi connectivity index (χ2v) is 10.0. The first-order valence-electron chi connectivity index (χ1n) is 10.5. The summed E-state index contributed by atoms with van der Waals surface area (Å²) in [6.45, 7) is 4.31. The summed E-state index contributed by atoms with van der Waals surface area (Å²) in [5, 5.41) is 0. The molecular formula is C26H21BrFNO3S2. The van der Waals surface area contributed by atoms with Crippen molar-refractivity contribution in [1.82, 2.24) is 0 Å². The fourth-order valence-electron chi connectivity index (χ4n) is 3.45. The van der Waals surface area contributed by atoms with Crippen molar-refractivity contribution >= 4 is 61.9 Å². The van der Waals surface area contributed by atoms with Crippen LogP contribution in [-0.2, 0) is 11.4 Å². The molecule has 0 N–H and O–H groups in total. The van der Waals surface area contributed by atoms with Crippen molar-refractivity contribution in [2.24, 2.45) is 0 Å². The first-order valence-corrected chi connectivity index (χ1v) is 12.6. The molecule has 0 atom stereocenters. The topological polar surface area (TPSA) is 38.8 Å². The Morgan fingerprint density at radius 3 is 2.65 bits per heavy atom. The van der Waals surface area contributed by atoms with Crippen molar-refractivity contribution in [2.75, 3.05) is 11.5 Å². The third-order valence-electron chi connectivity index (χ3n) is 5.01. The molecule has 1 aliphatic rings. The first-order chi connectivity index (χ1) is 16.4. The van der Waals surface area contributed by atoms with E-state index >= 15 is 0 Å². The van der Waals surface area contributed by atoms with Crippen molar-refractivity contribution in [1.29, 1.82) is 0 Å². The summed E-state index contributed by atoms with van der Waals surface area (Å²) < 4.78 is 26.8. The second-order valence-electron chi connectivity index (χ2n) is 7.50. The highest BCUT2D eigenvalue weighted by molar-refractivity contribution is 9.10. The summed E-state index contributed by atoms with van der Waals surface area (Å²) in [5.41, 5.74) is 2.99. The van der Waals surface area contributed by atoms with Gasteiger partial charge in [0, 0.05) is 5.56 Å². The molecule has 0 unspecified atom stereocenters. The van der Waals surface area contributed by atoms with E-state index < -0.39 is 0 Å². The maximum absolute atomic E-state index is 14.0. The van der Waals surface area contributed by atoms with Gasteiger partial charge in [0.15, 0.2) is 15.8 Å². The van der Waals surface area contributed by atoms with Gasteiger partial charge in [-0.25, -0.2) is 4.39 Å². The first kappa shape index (κ1) is 24.4. The number of thiocarbonyl (C=S) groups is 1. The average Bonchev–Trinajstić information content (AvgIpc) is 3.07. The van der Waals surface area contributed by atoms with E-state index in [4.69, 9.17) is 21.7 Å². The van der Waals surface area contributed by atoms with Gasteiger partial charge in [0.05, 0.1) is 21.7 Å². The number of carbonyl (C=O) groups is 1. The van der Waals surface area contributed by atoms with Gasteiger partial charge in [-0.3, -0.25) is 9.69 Å². The van der Waals surface area contributed by atoms with E-state index in [2.05, 4.69) is 15.9 Å². The SMILES string of the molecule is CCOc1cc(/C=C2/SC(=S)N(c3cccc(C)c3)C2=O)cc(Br)c1OCc1ccccc1F. The lowest BCUT2D eigenvalue weighted by Gasteiger charge is -2.15. The number of hydrogen-bond donors (Lipinski definition) is 0. The summed E-state index contributed by atoms with van der Waals surface area (Å²) >= 11 is 10.3. The van der Waals surface area contributed by atoms with Crippen LogP contribution in [0.15, 0.2) is 70.0 Å². The highest BCUT2D eigenvalue weighted by atomic mass is 79.9. The predicted molar refractivity (Wildman–Crippen MR) is 143 cm³/mol. The Morgan fingerprint density at radius 1 is 1.12 bits per heavy atom. The van der Waals surface area contributed by atoms with Crippen LogP contribution in [-0.4, -0.2) is 16.8 Å².